The molecule has 3 aromatic rings. The fourth-order valence-corrected chi connectivity index (χ4v) is 2.81. The van der Waals surface area contributed by atoms with Crippen LogP contribution in [0.1, 0.15) is 6.92 Å². The van der Waals surface area contributed by atoms with Crippen molar-refractivity contribution in [1.82, 2.24) is 14.4 Å². The Morgan fingerprint density at radius 2 is 2.30 bits per heavy atom. The quantitative estimate of drug-likeness (QED) is 0.798. The lowest BCUT2D eigenvalue weighted by Gasteiger charge is -2.08. The van der Waals surface area contributed by atoms with Crippen molar-refractivity contribution in [2.45, 2.75) is 16.8 Å². The van der Waals surface area contributed by atoms with Crippen LogP contribution in [0, 0.1) is 5.82 Å². The second-order valence-electron chi connectivity index (χ2n) is 4.18. The lowest BCUT2D eigenvalue weighted by molar-refractivity contribution is 0.624. The van der Waals surface area contributed by atoms with Gasteiger partial charge in [-0.15, -0.1) is 0 Å². The third-order valence-electron chi connectivity index (χ3n) is 2.71. The third kappa shape index (κ3) is 2.60. The molecule has 0 aliphatic heterocycles. The van der Waals surface area contributed by atoms with E-state index in [4.69, 9.17) is 0 Å². The van der Waals surface area contributed by atoms with Crippen molar-refractivity contribution in [1.29, 1.82) is 0 Å². The Hall–Kier alpha value is -2.08. The molecule has 0 fully saturated rings. The van der Waals surface area contributed by atoms with E-state index in [2.05, 4.69) is 15.3 Å². The highest BCUT2D eigenvalue weighted by molar-refractivity contribution is 7.99. The van der Waals surface area contributed by atoms with E-state index in [-0.39, 0.29) is 5.82 Å². The Kier molecular flexibility index (Phi) is 3.56. The van der Waals surface area contributed by atoms with E-state index in [9.17, 15) is 4.39 Å². The molecule has 0 atom stereocenters. The highest BCUT2D eigenvalue weighted by Crippen LogP contribution is 2.30. The maximum atomic E-state index is 13.3. The van der Waals surface area contributed by atoms with Gasteiger partial charge < -0.3 is 9.72 Å². The Bertz CT molecular complexity index is 741. The summed E-state index contributed by atoms with van der Waals surface area (Å²) in [4.78, 5) is 9.63. The van der Waals surface area contributed by atoms with Gasteiger partial charge in [0, 0.05) is 23.8 Å². The monoisotopic (exact) mass is 288 g/mol. The molecule has 0 radical (unpaired) electrons. The van der Waals surface area contributed by atoms with Crippen molar-refractivity contribution in [2.75, 3.05) is 11.9 Å². The van der Waals surface area contributed by atoms with Crippen LogP contribution in [0.2, 0.25) is 0 Å². The molecule has 2 aromatic heterocycles. The third-order valence-corrected chi connectivity index (χ3v) is 3.67. The summed E-state index contributed by atoms with van der Waals surface area (Å²) in [5.41, 5.74) is 0.765. The highest BCUT2D eigenvalue weighted by Gasteiger charge is 2.09. The molecule has 0 saturated carbocycles. The molecule has 1 aromatic carbocycles. The molecule has 3 rings (SSSR count). The van der Waals surface area contributed by atoms with Crippen LogP contribution in [0.15, 0.2) is 52.8 Å². The SMILES string of the molecule is CCNc1cn2ccnc2c(Sc2cccc(F)c2)n1. The normalized spacial score (nSPS) is 10.9. The van der Waals surface area contributed by atoms with Gasteiger partial charge in [0.1, 0.15) is 16.7 Å². The van der Waals surface area contributed by atoms with Crippen molar-refractivity contribution < 1.29 is 4.39 Å². The maximum absolute atomic E-state index is 13.3. The zero-order valence-corrected chi connectivity index (χ0v) is 11.7. The number of aromatic nitrogens is 3. The van der Waals surface area contributed by atoms with Crippen molar-refractivity contribution in [2.24, 2.45) is 0 Å². The second-order valence-corrected chi connectivity index (χ2v) is 5.24. The summed E-state index contributed by atoms with van der Waals surface area (Å²) in [5, 5.41) is 3.93. The van der Waals surface area contributed by atoms with Crippen LogP contribution in [0.25, 0.3) is 5.65 Å². The first-order valence-corrected chi connectivity index (χ1v) is 7.09. The van der Waals surface area contributed by atoms with Gasteiger partial charge in [-0.1, -0.05) is 17.8 Å². The van der Waals surface area contributed by atoms with Gasteiger partial charge in [-0.05, 0) is 25.1 Å². The predicted molar refractivity (Wildman–Crippen MR) is 77.7 cm³/mol. The molecule has 0 aliphatic rings. The summed E-state index contributed by atoms with van der Waals surface area (Å²) >= 11 is 1.40. The Morgan fingerprint density at radius 3 is 3.10 bits per heavy atom. The summed E-state index contributed by atoms with van der Waals surface area (Å²) in [7, 11) is 0. The lowest BCUT2D eigenvalue weighted by atomic mass is 10.4. The first-order chi connectivity index (χ1) is 9.76. The van der Waals surface area contributed by atoms with Crippen LogP contribution in [0.3, 0.4) is 0 Å². The molecule has 6 heteroatoms. The van der Waals surface area contributed by atoms with E-state index in [0.29, 0.717) is 0 Å². The molecule has 0 spiro atoms. The predicted octanol–water partition coefficient (Wildman–Crippen LogP) is 3.45. The summed E-state index contributed by atoms with van der Waals surface area (Å²) in [6.45, 7) is 2.80. The van der Waals surface area contributed by atoms with Gasteiger partial charge in [0.25, 0.3) is 0 Å². The van der Waals surface area contributed by atoms with Crippen molar-refractivity contribution >= 4 is 23.2 Å². The molecule has 102 valence electrons. The van der Waals surface area contributed by atoms with Crippen molar-refractivity contribution in [3.8, 4) is 0 Å². The van der Waals surface area contributed by atoms with Crippen molar-refractivity contribution in [3.63, 3.8) is 0 Å². The molecular weight excluding hydrogens is 275 g/mol. The molecule has 4 nitrogen and oxygen atoms in total. The van der Waals surface area contributed by atoms with E-state index in [1.54, 1.807) is 12.3 Å². The Labute approximate surface area is 120 Å². The first kappa shape index (κ1) is 12.9. The molecule has 20 heavy (non-hydrogen) atoms. The molecule has 1 N–H and O–H groups in total. The van der Waals surface area contributed by atoms with Crippen LogP contribution in [0.5, 0.6) is 0 Å². The Balaban J connectivity index is 2.02. The van der Waals surface area contributed by atoms with Crippen LogP contribution >= 0.6 is 11.8 Å². The summed E-state index contributed by atoms with van der Waals surface area (Å²) in [6, 6.07) is 6.47. The summed E-state index contributed by atoms with van der Waals surface area (Å²) in [5.74, 6) is 0.522. The van der Waals surface area contributed by atoms with E-state index < -0.39 is 0 Å². The van der Waals surface area contributed by atoms with Crippen molar-refractivity contribution in [3.05, 3.63) is 48.7 Å². The number of nitrogens with one attached hydrogen (secondary N) is 1. The average Bonchev–Trinajstić information content (AvgIpc) is 2.87. The van der Waals surface area contributed by atoms with Gasteiger partial charge in [0.15, 0.2) is 5.65 Å². The zero-order valence-electron chi connectivity index (χ0n) is 10.9. The van der Waals surface area contributed by atoms with Crippen LogP contribution < -0.4 is 5.32 Å². The average molecular weight is 288 g/mol. The van der Waals surface area contributed by atoms with Gasteiger partial charge in [-0.25, -0.2) is 14.4 Å². The molecule has 0 amide bonds. The van der Waals surface area contributed by atoms with E-state index in [0.717, 1.165) is 27.9 Å². The van der Waals surface area contributed by atoms with E-state index in [1.807, 2.05) is 29.8 Å². The van der Waals surface area contributed by atoms with Gasteiger partial charge in [-0.2, -0.15) is 0 Å². The number of anilines is 1. The Morgan fingerprint density at radius 1 is 1.40 bits per heavy atom. The first-order valence-electron chi connectivity index (χ1n) is 6.27. The number of nitrogens with zero attached hydrogens (tertiary/aromatic N) is 3. The minimum atomic E-state index is -0.253. The lowest BCUT2D eigenvalue weighted by Crippen LogP contribution is -2.02. The van der Waals surface area contributed by atoms with Crippen LogP contribution in [0.4, 0.5) is 10.2 Å². The molecule has 0 aliphatic carbocycles. The van der Waals surface area contributed by atoms with Gasteiger partial charge in [0.2, 0.25) is 0 Å². The maximum Gasteiger partial charge on any atom is 0.170 e. The minimum absolute atomic E-state index is 0.253. The molecule has 0 bridgehead atoms. The molecule has 0 unspecified atom stereocenters. The van der Waals surface area contributed by atoms with E-state index >= 15 is 0 Å². The number of rotatable bonds is 4. The molecule has 0 saturated heterocycles. The fraction of sp³-hybridized carbons (Fsp3) is 0.143. The van der Waals surface area contributed by atoms with Crippen LogP contribution in [-0.4, -0.2) is 20.9 Å². The van der Waals surface area contributed by atoms with Crippen LogP contribution in [-0.2, 0) is 0 Å². The second kappa shape index (κ2) is 5.50. The number of benzene rings is 1. The number of halogens is 1. The number of imidazole rings is 1. The standard InChI is InChI=1S/C14H13FN4S/c1-2-16-12-9-19-7-6-17-13(19)14(18-12)20-11-5-3-4-10(15)8-11/h3-9,16H,2H2,1H3. The van der Waals surface area contributed by atoms with Gasteiger partial charge >= 0.3 is 0 Å². The minimum Gasteiger partial charge on any atom is -0.369 e. The zero-order chi connectivity index (χ0) is 13.9. The number of hydrogen-bond donors (Lipinski definition) is 1. The summed E-state index contributed by atoms with van der Waals surface area (Å²) in [6.07, 6.45) is 5.48. The smallest absolute Gasteiger partial charge is 0.170 e. The largest absolute Gasteiger partial charge is 0.369 e. The topological polar surface area (TPSA) is 42.2 Å². The van der Waals surface area contributed by atoms with E-state index in [1.165, 1.54) is 23.9 Å². The highest BCUT2D eigenvalue weighted by atomic mass is 32.2. The number of fused-ring (bicyclic) bond motifs is 1. The van der Waals surface area contributed by atoms with Gasteiger partial charge in [-0.3, -0.25) is 0 Å². The van der Waals surface area contributed by atoms with Gasteiger partial charge in [0.05, 0.1) is 6.20 Å². The molecular formula is C14H13FN4S. The summed E-state index contributed by atoms with van der Waals surface area (Å²) < 4.78 is 15.2. The fourth-order valence-electron chi connectivity index (χ4n) is 1.88. The number of hydrogen-bond acceptors (Lipinski definition) is 4. The molecule has 2 heterocycles.